The van der Waals surface area contributed by atoms with E-state index in [4.69, 9.17) is 4.74 Å². The SMILES string of the molecule is CCOc1cc(C)c(C(CN(C)C)C(=O)O)cc1C. The van der Waals surface area contributed by atoms with E-state index < -0.39 is 11.9 Å². The summed E-state index contributed by atoms with van der Waals surface area (Å²) in [5.74, 6) is -0.470. The lowest BCUT2D eigenvalue weighted by atomic mass is 9.92. The average Bonchev–Trinajstić information content (AvgIpc) is 2.30. The molecule has 0 aliphatic carbocycles. The lowest BCUT2D eigenvalue weighted by molar-refractivity contribution is -0.139. The normalized spacial score (nSPS) is 12.5. The van der Waals surface area contributed by atoms with Crippen molar-refractivity contribution in [1.29, 1.82) is 0 Å². The molecule has 0 saturated heterocycles. The number of benzene rings is 1. The van der Waals surface area contributed by atoms with E-state index in [1.165, 1.54) is 0 Å². The Balaban J connectivity index is 3.17. The first-order valence-electron chi connectivity index (χ1n) is 6.48. The van der Waals surface area contributed by atoms with E-state index in [-0.39, 0.29) is 0 Å². The number of likely N-dealkylation sites (N-methyl/N-ethyl adjacent to an activating group) is 1. The maximum Gasteiger partial charge on any atom is 0.312 e. The second-order valence-corrected chi connectivity index (χ2v) is 5.06. The molecule has 1 atom stereocenters. The molecule has 0 bridgehead atoms. The van der Waals surface area contributed by atoms with E-state index in [0.29, 0.717) is 13.2 Å². The number of aliphatic carboxylic acids is 1. The van der Waals surface area contributed by atoms with Crippen molar-refractivity contribution in [1.82, 2.24) is 4.90 Å². The fourth-order valence-electron chi connectivity index (χ4n) is 2.17. The van der Waals surface area contributed by atoms with E-state index >= 15 is 0 Å². The van der Waals surface area contributed by atoms with Gasteiger partial charge in [0.1, 0.15) is 5.75 Å². The molecule has 1 unspecified atom stereocenters. The van der Waals surface area contributed by atoms with Crippen LogP contribution < -0.4 is 4.74 Å². The van der Waals surface area contributed by atoms with Gasteiger partial charge in [0, 0.05) is 6.54 Å². The highest BCUT2D eigenvalue weighted by Crippen LogP contribution is 2.28. The van der Waals surface area contributed by atoms with Crippen molar-refractivity contribution in [3.63, 3.8) is 0 Å². The molecule has 1 aromatic carbocycles. The Kier molecular flexibility index (Phi) is 5.36. The second kappa shape index (κ2) is 6.57. The van der Waals surface area contributed by atoms with Crippen LogP contribution in [-0.4, -0.2) is 43.2 Å². The van der Waals surface area contributed by atoms with Crippen molar-refractivity contribution in [2.75, 3.05) is 27.2 Å². The topological polar surface area (TPSA) is 49.8 Å². The number of rotatable bonds is 6. The minimum Gasteiger partial charge on any atom is -0.494 e. The van der Waals surface area contributed by atoms with Gasteiger partial charge in [-0.1, -0.05) is 6.07 Å². The minimum atomic E-state index is -0.791. The van der Waals surface area contributed by atoms with Crippen LogP contribution in [0.2, 0.25) is 0 Å². The smallest absolute Gasteiger partial charge is 0.312 e. The van der Waals surface area contributed by atoms with Gasteiger partial charge in [-0.15, -0.1) is 0 Å². The average molecular weight is 265 g/mol. The van der Waals surface area contributed by atoms with Gasteiger partial charge in [0.05, 0.1) is 12.5 Å². The van der Waals surface area contributed by atoms with Crippen molar-refractivity contribution in [3.05, 3.63) is 28.8 Å². The van der Waals surface area contributed by atoms with Crippen LogP contribution in [0, 0.1) is 13.8 Å². The molecule has 0 amide bonds. The van der Waals surface area contributed by atoms with E-state index in [2.05, 4.69) is 0 Å². The third kappa shape index (κ3) is 3.96. The molecule has 1 rings (SSSR count). The Morgan fingerprint density at radius 3 is 2.42 bits per heavy atom. The number of carboxylic acids is 1. The van der Waals surface area contributed by atoms with Gasteiger partial charge >= 0.3 is 5.97 Å². The van der Waals surface area contributed by atoms with Crippen LogP contribution in [0.1, 0.15) is 29.5 Å². The Hall–Kier alpha value is -1.55. The predicted octanol–water partition coefficient (Wildman–Crippen LogP) is 2.43. The number of carbonyl (C=O) groups is 1. The maximum atomic E-state index is 11.5. The summed E-state index contributed by atoms with van der Waals surface area (Å²) in [5.41, 5.74) is 2.80. The lowest BCUT2D eigenvalue weighted by Gasteiger charge is -2.21. The predicted molar refractivity (Wildman–Crippen MR) is 76.0 cm³/mol. The highest BCUT2D eigenvalue weighted by atomic mass is 16.5. The number of nitrogens with zero attached hydrogens (tertiary/aromatic N) is 1. The van der Waals surface area contributed by atoms with E-state index in [9.17, 15) is 9.90 Å². The molecule has 1 aromatic rings. The molecular weight excluding hydrogens is 242 g/mol. The number of hydrogen-bond donors (Lipinski definition) is 1. The van der Waals surface area contributed by atoms with Crippen LogP contribution in [-0.2, 0) is 4.79 Å². The van der Waals surface area contributed by atoms with Gasteiger partial charge < -0.3 is 14.7 Å². The Morgan fingerprint density at radius 1 is 1.32 bits per heavy atom. The molecule has 106 valence electrons. The van der Waals surface area contributed by atoms with Gasteiger partial charge in [-0.25, -0.2) is 0 Å². The molecule has 0 heterocycles. The molecule has 19 heavy (non-hydrogen) atoms. The van der Waals surface area contributed by atoms with Crippen LogP contribution in [0.15, 0.2) is 12.1 Å². The molecule has 0 fully saturated rings. The van der Waals surface area contributed by atoms with Gasteiger partial charge in [-0.05, 0) is 57.6 Å². The highest BCUT2D eigenvalue weighted by molar-refractivity contribution is 5.77. The highest BCUT2D eigenvalue weighted by Gasteiger charge is 2.23. The first-order valence-corrected chi connectivity index (χ1v) is 6.48. The van der Waals surface area contributed by atoms with Gasteiger partial charge in [0.25, 0.3) is 0 Å². The standard InChI is InChI=1S/C15H23NO3/c1-6-19-14-8-10(2)12(7-11(14)3)13(15(17)18)9-16(4)5/h7-8,13H,6,9H2,1-5H3,(H,17,18). The van der Waals surface area contributed by atoms with Gasteiger partial charge in [0.15, 0.2) is 0 Å². The van der Waals surface area contributed by atoms with Crippen LogP contribution in [0.3, 0.4) is 0 Å². The van der Waals surface area contributed by atoms with Gasteiger partial charge in [-0.2, -0.15) is 0 Å². The number of carboxylic acid groups (broad SMARTS) is 1. The maximum absolute atomic E-state index is 11.5. The fourth-order valence-corrected chi connectivity index (χ4v) is 2.17. The number of aryl methyl sites for hydroxylation is 2. The molecule has 4 heteroatoms. The molecule has 0 saturated carbocycles. The quantitative estimate of drug-likeness (QED) is 0.858. The van der Waals surface area contributed by atoms with Crippen molar-refractivity contribution in [3.8, 4) is 5.75 Å². The van der Waals surface area contributed by atoms with Gasteiger partial charge in [0.2, 0.25) is 0 Å². The molecule has 4 nitrogen and oxygen atoms in total. The number of ether oxygens (including phenoxy) is 1. The lowest BCUT2D eigenvalue weighted by Crippen LogP contribution is -2.26. The zero-order chi connectivity index (χ0) is 14.6. The molecule has 0 radical (unpaired) electrons. The zero-order valence-corrected chi connectivity index (χ0v) is 12.4. The second-order valence-electron chi connectivity index (χ2n) is 5.06. The summed E-state index contributed by atoms with van der Waals surface area (Å²) in [6.45, 7) is 6.92. The number of hydrogen-bond acceptors (Lipinski definition) is 3. The molecule has 1 N–H and O–H groups in total. The summed E-state index contributed by atoms with van der Waals surface area (Å²) >= 11 is 0. The van der Waals surface area contributed by atoms with Crippen LogP contribution in [0.5, 0.6) is 5.75 Å². The van der Waals surface area contributed by atoms with Crippen LogP contribution in [0.25, 0.3) is 0 Å². The first-order chi connectivity index (χ1) is 8.86. The molecule has 0 spiro atoms. The fraction of sp³-hybridized carbons (Fsp3) is 0.533. The molecule has 0 aromatic heterocycles. The van der Waals surface area contributed by atoms with Crippen molar-refractivity contribution in [2.45, 2.75) is 26.7 Å². The van der Waals surface area contributed by atoms with E-state index in [1.54, 1.807) is 0 Å². The molecule has 0 aliphatic heterocycles. The summed E-state index contributed by atoms with van der Waals surface area (Å²) < 4.78 is 5.54. The Labute approximate surface area is 115 Å². The van der Waals surface area contributed by atoms with Crippen molar-refractivity contribution >= 4 is 5.97 Å². The monoisotopic (exact) mass is 265 g/mol. The largest absolute Gasteiger partial charge is 0.494 e. The summed E-state index contributed by atoms with van der Waals surface area (Å²) in [6, 6.07) is 3.86. The summed E-state index contributed by atoms with van der Waals surface area (Å²) in [7, 11) is 3.76. The van der Waals surface area contributed by atoms with Crippen molar-refractivity contribution in [2.24, 2.45) is 0 Å². The summed E-state index contributed by atoms with van der Waals surface area (Å²) in [4.78, 5) is 13.3. The Bertz CT molecular complexity index is 455. The van der Waals surface area contributed by atoms with Crippen molar-refractivity contribution < 1.29 is 14.6 Å². The van der Waals surface area contributed by atoms with E-state index in [0.717, 1.165) is 22.4 Å². The van der Waals surface area contributed by atoms with E-state index in [1.807, 2.05) is 51.9 Å². The summed E-state index contributed by atoms with van der Waals surface area (Å²) in [6.07, 6.45) is 0. The molecule has 0 aliphatic rings. The van der Waals surface area contributed by atoms with Gasteiger partial charge in [-0.3, -0.25) is 4.79 Å². The zero-order valence-electron chi connectivity index (χ0n) is 12.4. The first kappa shape index (κ1) is 15.5. The third-order valence-corrected chi connectivity index (χ3v) is 3.08. The minimum absolute atomic E-state index is 0.490. The Morgan fingerprint density at radius 2 is 1.95 bits per heavy atom. The van der Waals surface area contributed by atoms with Crippen LogP contribution >= 0.6 is 0 Å². The van der Waals surface area contributed by atoms with Crippen LogP contribution in [0.4, 0.5) is 0 Å². The molecular formula is C15H23NO3. The summed E-state index contributed by atoms with van der Waals surface area (Å²) in [5, 5.41) is 9.41. The third-order valence-electron chi connectivity index (χ3n) is 3.08.